The van der Waals surface area contributed by atoms with Gasteiger partial charge in [0, 0.05) is 28.7 Å². The third-order valence-corrected chi connectivity index (χ3v) is 5.05. The Morgan fingerprint density at radius 1 is 0.897 bits per heavy atom. The summed E-state index contributed by atoms with van der Waals surface area (Å²) in [5.41, 5.74) is 8.17. The van der Waals surface area contributed by atoms with Gasteiger partial charge in [0.1, 0.15) is 0 Å². The highest BCUT2D eigenvalue weighted by Crippen LogP contribution is 2.25. The van der Waals surface area contributed by atoms with Crippen LogP contribution in [0, 0.1) is 6.92 Å². The second-order valence-electron chi connectivity index (χ2n) is 7.04. The zero-order valence-corrected chi connectivity index (χ0v) is 16.4. The molecule has 0 bridgehead atoms. The second-order valence-corrected chi connectivity index (χ2v) is 7.04. The number of carbonyl (C=O) groups excluding carboxylic acids is 1. The summed E-state index contributed by atoms with van der Waals surface area (Å²) < 4.78 is 2.29. The second kappa shape index (κ2) is 8.57. The van der Waals surface area contributed by atoms with E-state index in [2.05, 4.69) is 58.4 Å². The fourth-order valence-corrected chi connectivity index (χ4v) is 3.58. The Kier molecular flexibility index (Phi) is 5.52. The zero-order chi connectivity index (χ0) is 20.1. The van der Waals surface area contributed by atoms with Crippen LogP contribution in [0.5, 0.6) is 0 Å². The Morgan fingerprint density at radius 3 is 2.24 bits per heavy atom. The molecule has 0 saturated carbocycles. The molecule has 0 aliphatic carbocycles. The smallest absolute Gasteiger partial charge is 0.244 e. The van der Waals surface area contributed by atoms with Gasteiger partial charge in [-0.3, -0.25) is 4.79 Å². The first-order valence-electron chi connectivity index (χ1n) is 9.70. The Morgan fingerprint density at radius 2 is 1.52 bits per heavy atom. The lowest BCUT2D eigenvalue weighted by Gasteiger charge is -2.08. The minimum atomic E-state index is -0.127. The minimum absolute atomic E-state index is 0.127. The topological polar surface area (TPSA) is 46.4 Å². The summed E-state index contributed by atoms with van der Waals surface area (Å²) in [6.45, 7) is 2.89. The minimum Gasteiger partial charge on any atom is -0.340 e. The van der Waals surface area contributed by atoms with Gasteiger partial charge in [-0.05, 0) is 24.1 Å². The highest BCUT2D eigenvalue weighted by molar-refractivity contribution is 6.01. The van der Waals surface area contributed by atoms with Crippen molar-refractivity contribution in [3.8, 4) is 0 Å². The van der Waals surface area contributed by atoms with Gasteiger partial charge in [-0.25, -0.2) is 5.43 Å². The van der Waals surface area contributed by atoms with E-state index < -0.39 is 0 Å². The van der Waals surface area contributed by atoms with Crippen LogP contribution in [-0.4, -0.2) is 16.7 Å². The number of aromatic nitrogens is 1. The summed E-state index contributed by atoms with van der Waals surface area (Å²) >= 11 is 0. The van der Waals surface area contributed by atoms with Crippen molar-refractivity contribution in [2.24, 2.45) is 5.10 Å². The molecule has 0 spiro atoms. The number of benzene rings is 3. The Labute approximate surface area is 170 Å². The number of hydrazone groups is 1. The number of hydrogen-bond donors (Lipinski definition) is 1. The van der Waals surface area contributed by atoms with Gasteiger partial charge in [0.2, 0.25) is 5.91 Å². The maximum absolute atomic E-state index is 12.2. The molecular weight excluding hydrogens is 358 g/mol. The summed E-state index contributed by atoms with van der Waals surface area (Å²) in [4.78, 5) is 12.2. The number of nitrogens with zero attached hydrogens (tertiary/aromatic N) is 2. The molecule has 0 fully saturated rings. The predicted molar refractivity (Wildman–Crippen MR) is 118 cm³/mol. The maximum atomic E-state index is 12.2. The summed E-state index contributed by atoms with van der Waals surface area (Å²) in [6.07, 6.45) is 2.06. The third-order valence-electron chi connectivity index (χ3n) is 5.05. The van der Waals surface area contributed by atoms with Crippen LogP contribution < -0.4 is 5.43 Å². The molecule has 0 saturated heterocycles. The van der Waals surface area contributed by atoms with Crippen molar-refractivity contribution < 1.29 is 4.79 Å². The number of nitrogens with one attached hydrogen (secondary N) is 1. The van der Waals surface area contributed by atoms with Crippen molar-refractivity contribution in [1.29, 1.82) is 0 Å². The van der Waals surface area contributed by atoms with Crippen LogP contribution in [0.1, 0.15) is 22.4 Å². The van der Waals surface area contributed by atoms with Gasteiger partial charge in [-0.2, -0.15) is 5.10 Å². The largest absolute Gasteiger partial charge is 0.340 e. The standard InChI is InChI=1S/C25H23N3O/c1-19-23(17-26-27-25(29)16-20-10-4-2-5-11-20)22-14-8-9-15-24(22)28(19)18-21-12-6-3-7-13-21/h2-15,17H,16,18H2,1H3,(H,27,29)/b26-17-. The van der Waals surface area contributed by atoms with E-state index in [1.54, 1.807) is 6.21 Å². The van der Waals surface area contributed by atoms with E-state index in [0.29, 0.717) is 6.42 Å². The molecule has 0 unspecified atom stereocenters. The van der Waals surface area contributed by atoms with Crippen molar-refractivity contribution in [3.05, 3.63) is 107 Å². The first kappa shape index (κ1) is 18.7. The van der Waals surface area contributed by atoms with Crippen LogP contribution in [0.3, 0.4) is 0 Å². The van der Waals surface area contributed by atoms with Gasteiger partial charge < -0.3 is 4.57 Å². The Hall–Kier alpha value is -3.66. The van der Waals surface area contributed by atoms with Gasteiger partial charge in [-0.15, -0.1) is 0 Å². The van der Waals surface area contributed by atoms with Crippen molar-refractivity contribution in [2.45, 2.75) is 19.9 Å². The van der Waals surface area contributed by atoms with Crippen molar-refractivity contribution in [2.75, 3.05) is 0 Å². The van der Waals surface area contributed by atoms with Crippen LogP contribution in [0.2, 0.25) is 0 Å². The molecule has 0 aliphatic heterocycles. The van der Waals surface area contributed by atoms with Crippen LogP contribution in [-0.2, 0) is 17.8 Å². The van der Waals surface area contributed by atoms with E-state index in [0.717, 1.165) is 34.3 Å². The predicted octanol–water partition coefficient (Wildman–Crippen LogP) is 4.69. The van der Waals surface area contributed by atoms with Crippen LogP contribution in [0.25, 0.3) is 10.9 Å². The molecule has 4 aromatic rings. The number of hydrogen-bond acceptors (Lipinski definition) is 2. The molecule has 1 amide bonds. The molecule has 0 atom stereocenters. The van der Waals surface area contributed by atoms with E-state index in [9.17, 15) is 4.79 Å². The molecule has 144 valence electrons. The van der Waals surface area contributed by atoms with Gasteiger partial charge in [-0.1, -0.05) is 78.9 Å². The molecular formula is C25H23N3O. The van der Waals surface area contributed by atoms with Crippen molar-refractivity contribution in [3.63, 3.8) is 0 Å². The molecule has 0 radical (unpaired) electrons. The zero-order valence-electron chi connectivity index (χ0n) is 16.4. The number of rotatable bonds is 6. The Balaban J connectivity index is 1.56. The van der Waals surface area contributed by atoms with Gasteiger partial charge in [0.05, 0.1) is 12.6 Å². The molecule has 29 heavy (non-hydrogen) atoms. The summed E-state index contributed by atoms with van der Waals surface area (Å²) in [5.74, 6) is -0.127. The lowest BCUT2D eigenvalue weighted by Crippen LogP contribution is -2.19. The fourth-order valence-electron chi connectivity index (χ4n) is 3.58. The molecule has 4 heteroatoms. The average Bonchev–Trinajstić information content (AvgIpc) is 3.01. The molecule has 1 N–H and O–H groups in total. The van der Waals surface area contributed by atoms with Crippen LogP contribution in [0.4, 0.5) is 0 Å². The molecule has 4 nitrogen and oxygen atoms in total. The monoisotopic (exact) mass is 381 g/mol. The fraction of sp³-hybridized carbons (Fsp3) is 0.120. The summed E-state index contributed by atoms with van der Waals surface area (Å²) in [6, 6.07) is 28.4. The van der Waals surface area contributed by atoms with Crippen LogP contribution in [0.15, 0.2) is 90.0 Å². The lowest BCUT2D eigenvalue weighted by molar-refractivity contribution is -0.120. The number of amides is 1. The number of para-hydroxylation sites is 1. The van der Waals surface area contributed by atoms with E-state index in [1.807, 2.05) is 48.5 Å². The first-order valence-corrected chi connectivity index (χ1v) is 9.70. The maximum Gasteiger partial charge on any atom is 0.244 e. The highest BCUT2D eigenvalue weighted by Gasteiger charge is 2.12. The summed E-state index contributed by atoms with van der Waals surface area (Å²) in [7, 11) is 0. The normalized spacial score (nSPS) is 11.2. The van der Waals surface area contributed by atoms with E-state index >= 15 is 0 Å². The molecule has 4 rings (SSSR count). The molecule has 1 aromatic heterocycles. The Bertz CT molecular complexity index is 1140. The van der Waals surface area contributed by atoms with E-state index in [1.165, 1.54) is 5.56 Å². The quantitative estimate of drug-likeness (QED) is 0.382. The van der Waals surface area contributed by atoms with Gasteiger partial charge in [0.25, 0.3) is 0 Å². The van der Waals surface area contributed by atoms with E-state index in [4.69, 9.17) is 0 Å². The summed E-state index contributed by atoms with van der Waals surface area (Å²) in [5, 5.41) is 5.36. The van der Waals surface area contributed by atoms with Crippen molar-refractivity contribution >= 4 is 23.0 Å². The van der Waals surface area contributed by atoms with Crippen LogP contribution >= 0.6 is 0 Å². The SMILES string of the molecule is Cc1c(/C=N\NC(=O)Cc2ccccc2)c2ccccc2n1Cc1ccccc1. The third kappa shape index (κ3) is 4.27. The number of fused-ring (bicyclic) bond motifs is 1. The van der Waals surface area contributed by atoms with E-state index in [-0.39, 0.29) is 5.91 Å². The van der Waals surface area contributed by atoms with Gasteiger partial charge in [0.15, 0.2) is 0 Å². The molecule has 3 aromatic carbocycles. The van der Waals surface area contributed by atoms with Crippen molar-refractivity contribution in [1.82, 2.24) is 9.99 Å². The molecule has 1 heterocycles. The average molecular weight is 381 g/mol. The lowest BCUT2D eigenvalue weighted by atomic mass is 10.1. The number of carbonyl (C=O) groups is 1. The highest BCUT2D eigenvalue weighted by atomic mass is 16.2. The molecule has 0 aliphatic rings. The first-order chi connectivity index (χ1) is 14.2. The van der Waals surface area contributed by atoms with Gasteiger partial charge >= 0.3 is 0 Å².